The average molecular weight is 335 g/mol. The largest absolute Gasteiger partial charge is 0.396 e. The molecule has 0 saturated carbocycles. The number of thiazole rings is 1. The van der Waals surface area contributed by atoms with Gasteiger partial charge in [0.15, 0.2) is 5.13 Å². The molecule has 0 aliphatic rings. The van der Waals surface area contributed by atoms with Crippen LogP contribution >= 0.6 is 11.3 Å². The minimum Gasteiger partial charge on any atom is -0.396 e. The van der Waals surface area contributed by atoms with Gasteiger partial charge in [-0.25, -0.2) is 4.98 Å². The van der Waals surface area contributed by atoms with Crippen LogP contribution in [0.15, 0.2) is 29.6 Å². The van der Waals surface area contributed by atoms with Crippen molar-refractivity contribution in [2.75, 3.05) is 25.6 Å². The lowest BCUT2D eigenvalue weighted by Crippen LogP contribution is -2.46. The molecule has 1 atom stereocenters. The van der Waals surface area contributed by atoms with E-state index in [1.54, 1.807) is 18.4 Å². The predicted octanol–water partition coefficient (Wildman–Crippen LogP) is 3.07. The number of nitrogens with zero attached hydrogens (tertiary/aromatic N) is 1. The smallest absolute Gasteiger partial charge is 0.187 e. The molecule has 2 aromatic rings. The summed E-state index contributed by atoms with van der Waals surface area (Å²) in [5.41, 5.74) is 2.99. The summed E-state index contributed by atoms with van der Waals surface area (Å²) < 4.78 is 5.24. The molecule has 1 unspecified atom stereocenters. The van der Waals surface area contributed by atoms with Crippen LogP contribution in [0.5, 0.6) is 0 Å². The van der Waals surface area contributed by atoms with Gasteiger partial charge in [0.2, 0.25) is 0 Å². The number of nitrogens with one attached hydrogen (secondary N) is 2. The monoisotopic (exact) mass is 335 g/mol. The fourth-order valence-electron chi connectivity index (χ4n) is 2.35. The van der Waals surface area contributed by atoms with E-state index >= 15 is 0 Å². The van der Waals surface area contributed by atoms with E-state index in [-0.39, 0.29) is 12.1 Å². The number of aliphatic hydroxyl groups is 1. The Bertz CT molecular complexity index is 609. The quantitative estimate of drug-likeness (QED) is 0.657. The Morgan fingerprint density at radius 3 is 2.83 bits per heavy atom. The number of para-hydroxylation sites is 1. The molecule has 6 heteroatoms. The van der Waals surface area contributed by atoms with Crippen LogP contribution in [0.2, 0.25) is 0 Å². The molecule has 0 amide bonds. The lowest BCUT2D eigenvalue weighted by Gasteiger charge is -2.29. The first-order chi connectivity index (χ1) is 11.1. The van der Waals surface area contributed by atoms with Crippen LogP contribution in [0.1, 0.15) is 24.6 Å². The first-order valence-electron chi connectivity index (χ1n) is 7.68. The minimum absolute atomic E-state index is 0.129. The SMILES string of the molecule is COCC(C)(CCO)NCc1csc(Nc2ccccc2C)n1. The van der Waals surface area contributed by atoms with Crippen molar-refractivity contribution in [2.24, 2.45) is 0 Å². The third-order valence-corrected chi connectivity index (χ3v) is 4.57. The highest BCUT2D eigenvalue weighted by Crippen LogP contribution is 2.23. The van der Waals surface area contributed by atoms with Gasteiger partial charge in [0.05, 0.1) is 12.3 Å². The van der Waals surface area contributed by atoms with E-state index in [9.17, 15) is 5.11 Å². The topological polar surface area (TPSA) is 66.4 Å². The Kier molecular flexibility index (Phi) is 6.53. The van der Waals surface area contributed by atoms with Gasteiger partial charge in [-0.3, -0.25) is 0 Å². The lowest BCUT2D eigenvalue weighted by atomic mass is 9.99. The molecule has 0 aliphatic carbocycles. The molecule has 0 spiro atoms. The maximum absolute atomic E-state index is 9.20. The predicted molar refractivity (Wildman–Crippen MR) is 95.4 cm³/mol. The fraction of sp³-hybridized carbons (Fsp3) is 0.471. The molecule has 0 fully saturated rings. The van der Waals surface area contributed by atoms with Crippen molar-refractivity contribution in [1.29, 1.82) is 0 Å². The van der Waals surface area contributed by atoms with Crippen LogP contribution in [0.3, 0.4) is 0 Å². The molecular weight excluding hydrogens is 310 g/mol. The number of methoxy groups -OCH3 is 1. The zero-order chi connectivity index (χ0) is 16.7. The van der Waals surface area contributed by atoms with Gasteiger partial charge in [-0.15, -0.1) is 11.3 Å². The molecule has 0 bridgehead atoms. The van der Waals surface area contributed by atoms with Gasteiger partial charge in [0, 0.05) is 36.9 Å². The van der Waals surface area contributed by atoms with E-state index in [0.29, 0.717) is 19.6 Å². The molecule has 0 aliphatic heterocycles. The number of hydrogen-bond donors (Lipinski definition) is 3. The number of aryl methyl sites for hydroxylation is 1. The molecule has 1 aromatic carbocycles. The van der Waals surface area contributed by atoms with E-state index < -0.39 is 0 Å². The molecule has 126 valence electrons. The zero-order valence-electron chi connectivity index (χ0n) is 13.9. The van der Waals surface area contributed by atoms with Crippen molar-refractivity contribution in [3.8, 4) is 0 Å². The third kappa shape index (κ3) is 5.28. The van der Waals surface area contributed by atoms with Crippen molar-refractivity contribution in [3.05, 3.63) is 40.9 Å². The Hall–Kier alpha value is -1.47. The van der Waals surface area contributed by atoms with Crippen LogP contribution in [-0.4, -0.2) is 36.0 Å². The second-order valence-electron chi connectivity index (χ2n) is 5.90. The van der Waals surface area contributed by atoms with Gasteiger partial charge < -0.3 is 20.5 Å². The van der Waals surface area contributed by atoms with Gasteiger partial charge in [0.1, 0.15) is 0 Å². The van der Waals surface area contributed by atoms with E-state index in [1.807, 2.05) is 30.5 Å². The second kappa shape index (κ2) is 8.40. The maximum atomic E-state index is 9.20. The number of benzene rings is 1. The Morgan fingerprint density at radius 1 is 1.35 bits per heavy atom. The summed E-state index contributed by atoms with van der Waals surface area (Å²) in [6.07, 6.45) is 0.638. The van der Waals surface area contributed by atoms with Crippen LogP contribution in [0, 0.1) is 6.92 Å². The number of hydrogen-bond acceptors (Lipinski definition) is 6. The number of ether oxygens (including phenoxy) is 1. The summed E-state index contributed by atoms with van der Waals surface area (Å²) in [6, 6.07) is 8.15. The lowest BCUT2D eigenvalue weighted by molar-refractivity contribution is 0.0968. The van der Waals surface area contributed by atoms with E-state index in [4.69, 9.17) is 4.74 Å². The van der Waals surface area contributed by atoms with Crippen LogP contribution in [0.4, 0.5) is 10.8 Å². The normalized spacial score (nSPS) is 13.7. The van der Waals surface area contributed by atoms with Gasteiger partial charge in [-0.1, -0.05) is 18.2 Å². The van der Waals surface area contributed by atoms with Crippen molar-refractivity contribution < 1.29 is 9.84 Å². The molecule has 2 rings (SSSR count). The summed E-state index contributed by atoms with van der Waals surface area (Å²) in [5, 5.41) is 18.9. The Balaban J connectivity index is 1.95. The van der Waals surface area contributed by atoms with Crippen molar-refractivity contribution >= 4 is 22.2 Å². The summed E-state index contributed by atoms with van der Waals surface area (Å²) in [4.78, 5) is 4.61. The molecule has 3 N–H and O–H groups in total. The van der Waals surface area contributed by atoms with Crippen molar-refractivity contribution in [2.45, 2.75) is 32.4 Å². The highest BCUT2D eigenvalue weighted by atomic mass is 32.1. The Labute approximate surface area is 141 Å². The highest BCUT2D eigenvalue weighted by molar-refractivity contribution is 7.13. The van der Waals surface area contributed by atoms with Crippen LogP contribution in [-0.2, 0) is 11.3 Å². The van der Waals surface area contributed by atoms with E-state index in [0.717, 1.165) is 16.5 Å². The molecule has 1 aromatic heterocycles. The number of anilines is 2. The standard InChI is InChI=1S/C17H25N3O2S/c1-13-6-4-5-7-15(13)20-16-19-14(11-23-16)10-18-17(2,8-9-21)12-22-3/h4-7,11,18,21H,8-10,12H2,1-3H3,(H,19,20). The van der Waals surface area contributed by atoms with Crippen LogP contribution in [0.25, 0.3) is 0 Å². The summed E-state index contributed by atoms with van der Waals surface area (Å²) in [6.45, 7) is 5.44. The zero-order valence-corrected chi connectivity index (χ0v) is 14.7. The van der Waals surface area contributed by atoms with Gasteiger partial charge in [-0.2, -0.15) is 0 Å². The molecular formula is C17H25N3O2S. The van der Waals surface area contributed by atoms with Gasteiger partial charge in [-0.05, 0) is 31.9 Å². The second-order valence-corrected chi connectivity index (χ2v) is 6.76. The maximum Gasteiger partial charge on any atom is 0.187 e. The summed E-state index contributed by atoms with van der Waals surface area (Å²) >= 11 is 1.59. The van der Waals surface area contributed by atoms with Gasteiger partial charge in [0.25, 0.3) is 0 Å². The van der Waals surface area contributed by atoms with E-state index in [1.165, 1.54) is 5.56 Å². The molecule has 1 heterocycles. The number of aromatic nitrogens is 1. The number of aliphatic hydroxyl groups excluding tert-OH is 1. The van der Waals surface area contributed by atoms with Crippen molar-refractivity contribution in [3.63, 3.8) is 0 Å². The molecule has 0 saturated heterocycles. The fourth-order valence-corrected chi connectivity index (χ4v) is 3.08. The average Bonchev–Trinajstić information content (AvgIpc) is 2.96. The molecule has 5 nitrogen and oxygen atoms in total. The third-order valence-electron chi connectivity index (χ3n) is 3.76. The van der Waals surface area contributed by atoms with Crippen LogP contribution < -0.4 is 10.6 Å². The minimum atomic E-state index is -0.253. The van der Waals surface area contributed by atoms with Crippen molar-refractivity contribution in [1.82, 2.24) is 10.3 Å². The molecule has 23 heavy (non-hydrogen) atoms. The first kappa shape index (κ1) is 17.9. The highest BCUT2D eigenvalue weighted by Gasteiger charge is 2.23. The number of rotatable bonds is 9. The first-order valence-corrected chi connectivity index (χ1v) is 8.56. The Morgan fingerprint density at radius 2 is 2.13 bits per heavy atom. The molecule has 0 radical (unpaired) electrons. The van der Waals surface area contributed by atoms with Gasteiger partial charge >= 0.3 is 0 Å². The summed E-state index contributed by atoms with van der Waals surface area (Å²) in [5.74, 6) is 0. The van der Waals surface area contributed by atoms with E-state index in [2.05, 4.69) is 28.6 Å². The summed E-state index contributed by atoms with van der Waals surface area (Å²) in [7, 11) is 1.67.